The average Bonchev–Trinajstić information content (AvgIpc) is 2.12. The molecule has 0 fully saturated rings. The highest BCUT2D eigenvalue weighted by molar-refractivity contribution is 5.89. The van der Waals surface area contributed by atoms with Crippen LogP contribution >= 0.6 is 0 Å². The molecule has 2 N–H and O–H groups in total. The molecule has 0 aromatic rings. The first-order valence-electron chi connectivity index (χ1n) is 4.62. The number of hydrogen-bond donors (Lipinski definition) is 2. The minimum atomic E-state index is -1.16. The van der Waals surface area contributed by atoms with Crippen molar-refractivity contribution in [3.8, 4) is 0 Å². The Labute approximate surface area is 84.1 Å². The zero-order chi connectivity index (χ0) is 11.4. The monoisotopic (exact) mass is 202 g/mol. The minimum Gasteiger partial charge on any atom is -0.465 e. The van der Waals surface area contributed by atoms with E-state index >= 15 is 0 Å². The summed E-state index contributed by atoms with van der Waals surface area (Å²) < 4.78 is 0. The summed E-state index contributed by atoms with van der Waals surface area (Å²) in [6, 6.07) is 0. The van der Waals surface area contributed by atoms with E-state index in [2.05, 4.69) is 5.32 Å². The molecule has 0 aromatic carbocycles. The van der Waals surface area contributed by atoms with Crippen molar-refractivity contribution < 1.29 is 14.7 Å². The van der Waals surface area contributed by atoms with Gasteiger partial charge in [0.1, 0.15) is 5.54 Å². The second-order valence-electron chi connectivity index (χ2n) is 3.42. The maximum Gasteiger partial charge on any atom is 0.405 e. The third-order valence-corrected chi connectivity index (χ3v) is 2.37. The Morgan fingerprint density at radius 3 is 1.93 bits per heavy atom. The van der Waals surface area contributed by atoms with E-state index in [4.69, 9.17) is 5.11 Å². The van der Waals surface area contributed by atoms with Crippen LogP contribution < -0.4 is 5.32 Å². The zero-order valence-corrected chi connectivity index (χ0v) is 9.13. The van der Waals surface area contributed by atoms with Crippen LogP contribution in [0.25, 0.3) is 0 Å². The molecule has 0 aliphatic carbocycles. The maximum atomic E-state index is 11.8. The second-order valence-corrected chi connectivity index (χ2v) is 3.42. The van der Waals surface area contributed by atoms with Gasteiger partial charge in [-0.2, -0.15) is 0 Å². The van der Waals surface area contributed by atoms with Crippen molar-refractivity contribution in [2.75, 3.05) is 14.1 Å². The number of carboxylic acid groups (broad SMARTS) is 1. The molecular formula is C9H18N2O3. The molecular weight excluding hydrogens is 184 g/mol. The number of carbonyl (C=O) groups excluding carboxylic acids is 1. The second kappa shape index (κ2) is 4.83. The Morgan fingerprint density at radius 1 is 1.29 bits per heavy atom. The lowest BCUT2D eigenvalue weighted by Crippen LogP contribution is -2.57. The van der Waals surface area contributed by atoms with E-state index in [0.717, 1.165) is 0 Å². The number of hydrogen-bond acceptors (Lipinski definition) is 2. The largest absolute Gasteiger partial charge is 0.465 e. The summed E-state index contributed by atoms with van der Waals surface area (Å²) in [6.07, 6.45) is -0.261. The number of rotatable bonds is 4. The predicted molar refractivity (Wildman–Crippen MR) is 53.2 cm³/mol. The average molecular weight is 202 g/mol. The third-order valence-electron chi connectivity index (χ3n) is 2.37. The molecule has 0 radical (unpaired) electrons. The molecule has 0 heterocycles. The zero-order valence-electron chi connectivity index (χ0n) is 9.13. The fourth-order valence-electron chi connectivity index (χ4n) is 1.42. The lowest BCUT2D eigenvalue weighted by atomic mass is 9.91. The van der Waals surface area contributed by atoms with Crippen molar-refractivity contribution in [3.05, 3.63) is 0 Å². The standard InChI is InChI=1S/C9H18N2O3/c1-5-9(6-2,10-8(13)14)7(12)11(3)4/h10H,5-6H2,1-4H3,(H,13,14). The van der Waals surface area contributed by atoms with Crippen molar-refractivity contribution in [1.29, 1.82) is 0 Å². The van der Waals surface area contributed by atoms with Crippen LogP contribution in [-0.4, -0.2) is 41.6 Å². The lowest BCUT2D eigenvalue weighted by Gasteiger charge is -2.32. The molecule has 82 valence electrons. The SMILES string of the molecule is CCC(CC)(NC(=O)O)C(=O)N(C)C. The molecule has 14 heavy (non-hydrogen) atoms. The molecule has 0 atom stereocenters. The lowest BCUT2D eigenvalue weighted by molar-refractivity contribution is -0.135. The highest BCUT2D eigenvalue weighted by Crippen LogP contribution is 2.17. The van der Waals surface area contributed by atoms with Gasteiger partial charge in [-0.15, -0.1) is 0 Å². The van der Waals surface area contributed by atoms with Gasteiger partial charge in [-0.25, -0.2) is 4.79 Å². The predicted octanol–water partition coefficient (Wildman–Crippen LogP) is 0.901. The molecule has 0 aliphatic rings. The smallest absolute Gasteiger partial charge is 0.405 e. The van der Waals surface area contributed by atoms with Gasteiger partial charge in [0, 0.05) is 14.1 Å². The van der Waals surface area contributed by atoms with Gasteiger partial charge in [-0.3, -0.25) is 4.79 Å². The summed E-state index contributed by atoms with van der Waals surface area (Å²) in [7, 11) is 3.23. The first-order valence-corrected chi connectivity index (χ1v) is 4.62. The molecule has 0 aromatic heterocycles. The van der Waals surface area contributed by atoms with Crippen LogP contribution in [0.2, 0.25) is 0 Å². The molecule has 0 saturated heterocycles. The van der Waals surface area contributed by atoms with Crippen LogP contribution in [0.15, 0.2) is 0 Å². The van der Waals surface area contributed by atoms with Gasteiger partial charge < -0.3 is 15.3 Å². The van der Waals surface area contributed by atoms with Gasteiger partial charge in [-0.1, -0.05) is 13.8 Å². The van der Waals surface area contributed by atoms with Crippen molar-refractivity contribution in [2.24, 2.45) is 0 Å². The van der Waals surface area contributed by atoms with Crippen molar-refractivity contribution in [1.82, 2.24) is 10.2 Å². The molecule has 5 nitrogen and oxygen atoms in total. The Balaban J connectivity index is 4.86. The number of amides is 2. The number of carbonyl (C=O) groups is 2. The first-order chi connectivity index (χ1) is 6.39. The summed E-state index contributed by atoms with van der Waals surface area (Å²) in [5.41, 5.74) is -0.977. The van der Waals surface area contributed by atoms with Crippen molar-refractivity contribution in [2.45, 2.75) is 32.2 Å². The van der Waals surface area contributed by atoms with Crippen LogP contribution in [0.1, 0.15) is 26.7 Å². The highest BCUT2D eigenvalue weighted by Gasteiger charge is 2.37. The summed E-state index contributed by atoms with van der Waals surface area (Å²) in [4.78, 5) is 23.7. The van der Waals surface area contributed by atoms with Gasteiger partial charge in [0.05, 0.1) is 0 Å². The molecule has 0 saturated carbocycles. The van der Waals surface area contributed by atoms with Gasteiger partial charge in [-0.05, 0) is 12.8 Å². The Bertz CT molecular complexity index is 222. The van der Waals surface area contributed by atoms with E-state index in [9.17, 15) is 9.59 Å². The van der Waals surface area contributed by atoms with Gasteiger partial charge in [0.25, 0.3) is 0 Å². The first kappa shape index (κ1) is 12.7. The highest BCUT2D eigenvalue weighted by atomic mass is 16.4. The van der Waals surface area contributed by atoms with E-state index in [1.807, 2.05) is 0 Å². The molecule has 0 spiro atoms. The molecule has 2 amide bonds. The summed E-state index contributed by atoms with van der Waals surface area (Å²) in [5.74, 6) is -0.204. The summed E-state index contributed by atoms with van der Waals surface area (Å²) in [6.45, 7) is 3.58. The van der Waals surface area contributed by atoms with Gasteiger partial charge in [0.2, 0.25) is 5.91 Å². The van der Waals surface area contributed by atoms with E-state index < -0.39 is 11.6 Å². The minimum absolute atomic E-state index is 0.204. The van der Waals surface area contributed by atoms with Crippen LogP contribution in [0.3, 0.4) is 0 Å². The van der Waals surface area contributed by atoms with E-state index in [0.29, 0.717) is 12.8 Å². The molecule has 0 unspecified atom stereocenters. The molecule has 0 bridgehead atoms. The Hall–Kier alpha value is -1.26. The molecule has 0 aliphatic heterocycles. The normalized spacial score (nSPS) is 10.9. The Morgan fingerprint density at radius 2 is 1.71 bits per heavy atom. The number of nitrogens with zero attached hydrogens (tertiary/aromatic N) is 1. The molecule has 0 rings (SSSR count). The topological polar surface area (TPSA) is 69.6 Å². The van der Waals surface area contributed by atoms with Gasteiger partial charge in [0.15, 0.2) is 0 Å². The number of likely N-dealkylation sites (N-methyl/N-ethyl adjacent to an activating group) is 1. The molecule has 5 heteroatoms. The van der Waals surface area contributed by atoms with Crippen LogP contribution in [0, 0.1) is 0 Å². The Kier molecular flexibility index (Phi) is 4.40. The van der Waals surface area contributed by atoms with Crippen molar-refractivity contribution >= 4 is 12.0 Å². The fraction of sp³-hybridized carbons (Fsp3) is 0.778. The third kappa shape index (κ3) is 2.61. The fourth-order valence-corrected chi connectivity index (χ4v) is 1.42. The number of nitrogens with one attached hydrogen (secondary N) is 1. The van der Waals surface area contributed by atoms with Crippen LogP contribution in [0.5, 0.6) is 0 Å². The van der Waals surface area contributed by atoms with E-state index in [-0.39, 0.29) is 5.91 Å². The van der Waals surface area contributed by atoms with Crippen LogP contribution in [0.4, 0.5) is 4.79 Å². The van der Waals surface area contributed by atoms with E-state index in [1.165, 1.54) is 4.90 Å². The van der Waals surface area contributed by atoms with Gasteiger partial charge >= 0.3 is 6.09 Å². The quantitative estimate of drug-likeness (QED) is 0.711. The summed E-state index contributed by atoms with van der Waals surface area (Å²) in [5, 5.41) is 11.0. The maximum absolute atomic E-state index is 11.8. The van der Waals surface area contributed by atoms with Crippen molar-refractivity contribution in [3.63, 3.8) is 0 Å². The van der Waals surface area contributed by atoms with Crippen LogP contribution in [-0.2, 0) is 4.79 Å². The van der Waals surface area contributed by atoms with E-state index in [1.54, 1.807) is 27.9 Å². The summed E-state index contributed by atoms with van der Waals surface area (Å²) >= 11 is 0.